The summed E-state index contributed by atoms with van der Waals surface area (Å²) < 4.78 is 16.6. The van der Waals surface area contributed by atoms with Gasteiger partial charge in [-0.1, -0.05) is 0 Å². The second-order valence-corrected chi connectivity index (χ2v) is 4.41. The van der Waals surface area contributed by atoms with Crippen molar-refractivity contribution >= 4 is 0 Å². The molecule has 2 saturated heterocycles. The zero-order valence-electron chi connectivity index (χ0n) is 8.58. The van der Waals surface area contributed by atoms with Crippen LogP contribution in [0.15, 0.2) is 0 Å². The molecule has 0 aliphatic carbocycles. The molecule has 2 rings (SSSR count). The van der Waals surface area contributed by atoms with E-state index in [1.165, 1.54) is 0 Å². The van der Waals surface area contributed by atoms with E-state index in [2.05, 4.69) is 6.07 Å². The molecule has 0 aromatic heterocycles. The van der Waals surface area contributed by atoms with Gasteiger partial charge in [-0.05, 0) is 13.8 Å². The molecule has 2 aliphatic rings. The van der Waals surface area contributed by atoms with Crippen molar-refractivity contribution in [3.05, 3.63) is 0 Å². The van der Waals surface area contributed by atoms with E-state index in [4.69, 9.17) is 19.5 Å². The van der Waals surface area contributed by atoms with Gasteiger partial charge in [-0.15, -0.1) is 0 Å². The number of hydrogen-bond donors (Lipinski definition) is 0. The van der Waals surface area contributed by atoms with Crippen LogP contribution in [0.1, 0.15) is 13.8 Å². The molecule has 1 unspecified atom stereocenters. The van der Waals surface area contributed by atoms with Crippen molar-refractivity contribution < 1.29 is 14.2 Å². The number of nitrogens with zero attached hydrogens (tertiary/aromatic N) is 1. The van der Waals surface area contributed by atoms with E-state index in [0.717, 1.165) is 0 Å². The molecule has 4 heteroatoms. The summed E-state index contributed by atoms with van der Waals surface area (Å²) in [5.41, 5.74) is -0.471. The van der Waals surface area contributed by atoms with Crippen LogP contribution in [-0.4, -0.2) is 32.2 Å². The van der Waals surface area contributed by atoms with E-state index in [1.807, 2.05) is 13.8 Å². The lowest BCUT2D eigenvalue weighted by atomic mass is 9.77. The lowest BCUT2D eigenvalue weighted by Crippen LogP contribution is -2.45. The summed E-state index contributed by atoms with van der Waals surface area (Å²) in [4.78, 5) is 0. The molecule has 78 valence electrons. The van der Waals surface area contributed by atoms with Crippen LogP contribution in [0.5, 0.6) is 0 Å². The number of nitriles is 1. The molecule has 2 fully saturated rings. The highest BCUT2D eigenvalue weighted by atomic mass is 16.8. The van der Waals surface area contributed by atoms with E-state index < -0.39 is 11.2 Å². The average Bonchev–Trinajstić information content (AvgIpc) is 2.77. The molecule has 1 atom stereocenters. The minimum Gasteiger partial charge on any atom is -0.375 e. The second-order valence-electron chi connectivity index (χ2n) is 4.41. The van der Waals surface area contributed by atoms with E-state index in [0.29, 0.717) is 26.4 Å². The lowest BCUT2D eigenvalue weighted by Gasteiger charge is -2.34. The second kappa shape index (κ2) is 3.20. The minimum atomic E-state index is -0.654. The Bertz CT molecular complexity index is 258. The molecule has 4 nitrogen and oxygen atoms in total. The van der Waals surface area contributed by atoms with Crippen molar-refractivity contribution in [3.63, 3.8) is 0 Å². The van der Waals surface area contributed by atoms with Crippen LogP contribution in [-0.2, 0) is 14.2 Å². The van der Waals surface area contributed by atoms with Gasteiger partial charge in [0, 0.05) is 0 Å². The molecule has 2 heterocycles. The Morgan fingerprint density at radius 1 is 1.36 bits per heavy atom. The molecular formula is C10H15NO3. The highest BCUT2D eigenvalue weighted by Crippen LogP contribution is 2.43. The van der Waals surface area contributed by atoms with Crippen LogP contribution in [0.25, 0.3) is 0 Å². The van der Waals surface area contributed by atoms with E-state index in [1.54, 1.807) is 0 Å². The van der Waals surface area contributed by atoms with Gasteiger partial charge in [0.15, 0.2) is 5.79 Å². The van der Waals surface area contributed by atoms with Crippen LogP contribution in [0.2, 0.25) is 0 Å². The Hall–Kier alpha value is -0.630. The average molecular weight is 197 g/mol. The predicted molar refractivity (Wildman–Crippen MR) is 48.3 cm³/mol. The molecule has 0 aromatic rings. The standard InChI is InChI=1S/C10H15NO3/c1-9(2,6-11)8-5-12-7-10(8)13-3-4-14-10/h8H,3-5,7H2,1-2H3. The van der Waals surface area contributed by atoms with Crippen LogP contribution in [0.4, 0.5) is 0 Å². The third kappa shape index (κ3) is 1.33. The van der Waals surface area contributed by atoms with Gasteiger partial charge in [-0.3, -0.25) is 0 Å². The third-order valence-corrected chi connectivity index (χ3v) is 3.05. The molecule has 0 amide bonds. The van der Waals surface area contributed by atoms with Gasteiger partial charge in [0.25, 0.3) is 0 Å². The molecule has 0 N–H and O–H groups in total. The highest BCUT2D eigenvalue weighted by molar-refractivity contribution is 5.05. The zero-order valence-corrected chi connectivity index (χ0v) is 8.58. The van der Waals surface area contributed by atoms with Crippen LogP contribution in [0.3, 0.4) is 0 Å². The van der Waals surface area contributed by atoms with Crippen LogP contribution < -0.4 is 0 Å². The van der Waals surface area contributed by atoms with Crippen molar-refractivity contribution in [3.8, 4) is 6.07 Å². The summed E-state index contributed by atoms with van der Waals surface area (Å²) in [6.07, 6.45) is 0. The Balaban J connectivity index is 2.23. The Morgan fingerprint density at radius 3 is 2.57 bits per heavy atom. The number of ether oxygens (including phenoxy) is 3. The molecule has 0 radical (unpaired) electrons. The van der Waals surface area contributed by atoms with Crippen molar-refractivity contribution in [1.82, 2.24) is 0 Å². The van der Waals surface area contributed by atoms with Crippen molar-refractivity contribution in [2.75, 3.05) is 26.4 Å². The molecule has 0 bridgehead atoms. The summed E-state index contributed by atoms with van der Waals surface area (Å²) in [5.74, 6) is -0.651. The van der Waals surface area contributed by atoms with Gasteiger partial charge >= 0.3 is 0 Å². The van der Waals surface area contributed by atoms with Gasteiger partial charge < -0.3 is 14.2 Å². The molecular weight excluding hydrogens is 182 g/mol. The maximum atomic E-state index is 9.08. The largest absolute Gasteiger partial charge is 0.375 e. The first-order valence-electron chi connectivity index (χ1n) is 4.88. The Labute approximate surface area is 83.7 Å². The molecule has 1 spiro atoms. The van der Waals surface area contributed by atoms with E-state index >= 15 is 0 Å². The van der Waals surface area contributed by atoms with Crippen molar-refractivity contribution in [2.45, 2.75) is 19.6 Å². The SMILES string of the molecule is CC(C)(C#N)C1COCC12OCCO2. The van der Waals surface area contributed by atoms with E-state index in [9.17, 15) is 0 Å². The smallest absolute Gasteiger partial charge is 0.198 e. The van der Waals surface area contributed by atoms with Gasteiger partial charge in [0.05, 0.1) is 37.2 Å². The topological polar surface area (TPSA) is 51.5 Å². The summed E-state index contributed by atoms with van der Waals surface area (Å²) in [6.45, 7) is 5.99. The fourth-order valence-corrected chi connectivity index (χ4v) is 2.14. The minimum absolute atomic E-state index is 0.00231. The number of hydrogen-bond acceptors (Lipinski definition) is 4. The first-order valence-corrected chi connectivity index (χ1v) is 4.88. The first-order chi connectivity index (χ1) is 6.61. The molecule has 2 aliphatic heterocycles. The van der Waals surface area contributed by atoms with Gasteiger partial charge in [-0.25, -0.2) is 0 Å². The summed E-state index contributed by atoms with van der Waals surface area (Å²) >= 11 is 0. The van der Waals surface area contributed by atoms with Gasteiger partial charge in [-0.2, -0.15) is 5.26 Å². The summed E-state index contributed by atoms with van der Waals surface area (Å²) in [6, 6.07) is 2.29. The van der Waals surface area contributed by atoms with E-state index in [-0.39, 0.29) is 5.92 Å². The van der Waals surface area contributed by atoms with Gasteiger partial charge in [0.1, 0.15) is 6.61 Å². The monoisotopic (exact) mass is 197 g/mol. The fraction of sp³-hybridized carbons (Fsp3) is 0.900. The van der Waals surface area contributed by atoms with Gasteiger partial charge in [0.2, 0.25) is 0 Å². The summed E-state index contributed by atoms with van der Waals surface area (Å²) in [7, 11) is 0. The third-order valence-electron chi connectivity index (χ3n) is 3.05. The molecule has 0 aromatic carbocycles. The zero-order chi connectivity index (χ0) is 10.2. The number of rotatable bonds is 1. The molecule has 0 saturated carbocycles. The van der Waals surface area contributed by atoms with Crippen LogP contribution in [0, 0.1) is 22.7 Å². The fourth-order valence-electron chi connectivity index (χ4n) is 2.14. The quantitative estimate of drug-likeness (QED) is 0.627. The Kier molecular flexibility index (Phi) is 2.26. The Morgan fingerprint density at radius 2 is 2.00 bits per heavy atom. The first kappa shape index (κ1) is 9.91. The highest BCUT2D eigenvalue weighted by Gasteiger charge is 2.55. The lowest BCUT2D eigenvalue weighted by molar-refractivity contribution is -0.192. The normalized spacial score (nSPS) is 30.8. The molecule has 14 heavy (non-hydrogen) atoms. The predicted octanol–water partition coefficient (Wildman–Crippen LogP) is 0.926. The van der Waals surface area contributed by atoms with Crippen molar-refractivity contribution in [1.29, 1.82) is 5.26 Å². The summed E-state index contributed by atoms with van der Waals surface area (Å²) in [5, 5.41) is 9.08. The maximum Gasteiger partial charge on any atom is 0.198 e. The van der Waals surface area contributed by atoms with Crippen molar-refractivity contribution in [2.24, 2.45) is 11.3 Å². The van der Waals surface area contributed by atoms with Crippen LogP contribution >= 0.6 is 0 Å². The maximum absolute atomic E-state index is 9.08.